The van der Waals surface area contributed by atoms with E-state index >= 15 is 0 Å². The van der Waals surface area contributed by atoms with Crippen LogP contribution in [-0.4, -0.2) is 16.5 Å². The number of rotatable bonds is 4. The van der Waals surface area contributed by atoms with Crippen LogP contribution < -0.4 is 10.1 Å². The lowest BCUT2D eigenvalue weighted by molar-refractivity contribution is 0.395. The number of benzene rings is 1. The Labute approximate surface area is 124 Å². The van der Waals surface area contributed by atoms with Crippen molar-refractivity contribution in [1.82, 2.24) is 9.38 Å². The van der Waals surface area contributed by atoms with Gasteiger partial charge < -0.3 is 10.1 Å². The minimum atomic E-state index is -0.431. The fraction of sp³-hybridized carbons (Fsp3) is 0.143. The third-order valence-electron chi connectivity index (χ3n) is 3.07. The van der Waals surface area contributed by atoms with Crippen LogP contribution in [0.4, 0.5) is 10.1 Å². The molecule has 0 unspecified atom stereocenters. The van der Waals surface area contributed by atoms with Gasteiger partial charge >= 0.3 is 0 Å². The third-order valence-corrected chi connectivity index (χ3v) is 3.82. The molecule has 106 valence electrons. The van der Waals surface area contributed by atoms with Gasteiger partial charge in [-0.1, -0.05) is 0 Å². The molecule has 1 N–H and O–H groups in total. The van der Waals surface area contributed by atoms with Crippen molar-refractivity contribution in [1.29, 1.82) is 5.26 Å². The summed E-state index contributed by atoms with van der Waals surface area (Å²) in [6, 6.07) is 6.04. The molecule has 0 amide bonds. The zero-order chi connectivity index (χ0) is 14.8. The monoisotopic (exact) mass is 302 g/mol. The number of fused-ring (bicyclic) bond motifs is 1. The number of thiazole rings is 1. The van der Waals surface area contributed by atoms with E-state index in [1.807, 2.05) is 22.0 Å². The Kier molecular flexibility index (Phi) is 3.46. The van der Waals surface area contributed by atoms with Gasteiger partial charge in [-0.25, -0.2) is 4.39 Å². The Bertz CT molecular complexity index is 833. The standard InChI is InChI=1S/C14H11FN4OS/c1-20-13-12(19-4-5-21-14(19)18-13)8-17-11-3-2-10(15)6-9(11)7-16/h2-6,17H,8H2,1H3. The Morgan fingerprint density at radius 1 is 1.52 bits per heavy atom. The highest BCUT2D eigenvalue weighted by atomic mass is 32.1. The second-order valence-electron chi connectivity index (χ2n) is 4.28. The van der Waals surface area contributed by atoms with Crippen LogP contribution in [0.2, 0.25) is 0 Å². The van der Waals surface area contributed by atoms with E-state index in [-0.39, 0.29) is 5.56 Å². The van der Waals surface area contributed by atoms with Crippen LogP contribution in [-0.2, 0) is 6.54 Å². The van der Waals surface area contributed by atoms with Gasteiger partial charge in [0.25, 0.3) is 0 Å². The molecule has 2 aromatic heterocycles. The Balaban J connectivity index is 1.90. The Morgan fingerprint density at radius 2 is 2.38 bits per heavy atom. The zero-order valence-corrected chi connectivity index (χ0v) is 11.9. The highest BCUT2D eigenvalue weighted by Crippen LogP contribution is 2.25. The number of nitrogens with zero attached hydrogens (tertiary/aromatic N) is 3. The average Bonchev–Trinajstić information content (AvgIpc) is 3.06. The number of methoxy groups -OCH3 is 1. The maximum atomic E-state index is 13.1. The van der Waals surface area contributed by atoms with E-state index in [0.717, 1.165) is 10.7 Å². The van der Waals surface area contributed by atoms with Gasteiger partial charge in [-0.3, -0.25) is 4.40 Å². The third kappa shape index (κ3) is 2.41. The van der Waals surface area contributed by atoms with Gasteiger partial charge in [0.05, 0.1) is 24.9 Å². The first-order chi connectivity index (χ1) is 10.2. The fourth-order valence-corrected chi connectivity index (χ4v) is 2.80. The molecule has 0 aliphatic carbocycles. The van der Waals surface area contributed by atoms with E-state index in [9.17, 15) is 4.39 Å². The van der Waals surface area contributed by atoms with Crippen molar-refractivity contribution in [3.63, 3.8) is 0 Å². The van der Waals surface area contributed by atoms with Crippen molar-refractivity contribution in [2.24, 2.45) is 0 Å². The zero-order valence-electron chi connectivity index (χ0n) is 11.1. The molecular weight excluding hydrogens is 291 g/mol. The summed E-state index contributed by atoms with van der Waals surface area (Å²) in [7, 11) is 1.56. The average molecular weight is 302 g/mol. The molecule has 0 fully saturated rings. The normalized spacial score (nSPS) is 10.5. The summed E-state index contributed by atoms with van der Waals surface area (Å²) in [5, 5.41) is 14.1. The van der Waals surface area contributed by atoms with E-state index in [1.165, 1.54) is 23.5 Å². The minimum Gasteiger partial charge on any atom is -0.480 e. The second-order valence-corrected chi connectivity index (χ2v) is 5.15. The molecule has 0 saturated carbocycles. The van der Waals surface area contributed by atoms with Crippen molar-refractivity contribution < 1.29 is 9.13 Å². The van der Waals surface area contributed by atoms with Crippen LogP contribution in [0.15, 0.2) is 29.8 Å². The number of imidazole rings is 1. The highest BCUT2D eigenvalue weighted by molar-refractivity contribution is 7.15. The van der Waals surface area contributed by atoms with Crippen LogP contribution in [0, 0.1) is 17.1 Å². The molecule has 1 aromatic carbocycles. The number of aromatic nitrogens is 2. The quantitative estimate of drug-likeness (QED) is 0.804. The van der Waals surface area contributed by atoms with Gasteiger partial charge in [0.15, 0.2) is 4.96 Å². The molecular formula is C14H11FN4OS. The predicted octanol–water partition coefficient (Wildman–Crippen LogP) is 3.03. The predicted molar refractivity (Wildman–Crippen MR) is 78.1 cm³/mol. The van der Waals surface area contributed by atoms with Crippen LogP contribution >= 0.6 is 11.3 Å². The molecule has 3 rings (SSSR count). The first-order valence-electron chi connectivity index (χ1n) is 6.15. The summed E-state index contributed by atoms with van der Waals surface area (Å²) in [5.74, 6) is 0.106. The van der Waals surface area contributed by atoms with Crippen molar-refractivity contribution in [2.45, 2.75) is 6.54 Å². The number of nitrogens with one attached hydrogen (secondary N) is 1. The lowest BCUT2D eigenvalue weighted by Crippen LogP contribution is -2.05. The Hall–Kier alpha value is -2.59. The van der Waals surface area contributed by atoms with Gasteiger partial charge in [0, 0.05) is 11.6 Å². The van der Waals surface area contributed by atoms with Crippen molar-refractivity contribution >= 4 is 22.0 Å². The molecule has 2 heterocycles. The minimum absolute atomic E-state index is 0.264. The molecule has 5 nitrogen and oxygen atoms in total. The molecule has 0 bridgehead atoms. The van der Waals surface area contributed by atoms with Gasteiger partial charge in [0.2, 0.25) is 5.88 Å². The molecule has 0 aliphatic heterocycles. The summed E-state index contributed by atoms with van der Waals surface area (Å²) in [5.41, 5.74) is 1.69. The van der Waals surface area contributed by atoms with Crippen molar-refractivity contribution in [2.75, 3.05) is 12.4 Å². The van der Waals surface area contributed by atoms with Crippen LogP contribution in [0.3, 0.4) is 0 Å². The summed E-state index contributed by atoms with van der Waals surface area (Å²) in [4.78, 5) is 5.19. The number of halogens is 1. The molecule has 0 atom stereocenters. The first-order valence-corrected chi connectivity index (χ1v) is 7.03. The van der Waals surface area contributed by atoms with Crippen LogP contribution in [0.1, 0.15) is 11.3 Å². The number of hydrogen-bond donors (Lipinski definition) is 1. The second kappa shape index (κ2) is 5.42. The van der Waals surface area contributed by atoms with Gasteiger partial charge in [0.1, 0.15) is 17.6 Å². The summed E-state index contributed by atoms with van der Waals surface area (Å²) in [6.07, 6.45) is 1.91. The highest BCUT2D eigenvalue weighted by Gasteiger charge is 2.14. The lowest BCUT2D eigenvalue weighted by Gasteiger charge is -2.08. The van der Waals surface area contributed by atoms with Crippen LogP contribution in [0.5, 0.6) is 5.88 Å². The summed E-state index contributed by atoms with van der Waals surface area (Å²) >= 11 is 1.51. The van der Waals surface area contributed by atoms with E-state index in [0.29, 0.717) is 18.1 Å². The first kappa shape index (κ1) is 13.4. The molecule has 0 spiro atoms. The van der Waals surface area contributed by atoms with Gasteiger partial charge in [-0.15, -0.1) is 11.3 Å². The molecule has 0 aliphatic rings. The Morgan fingerprint density at radius 3 is 3.14 bits per heavy atom. The topological polar surface area (TPSA) is 62.4 Å². The maximum Gasteiger partial charge on any atom is 0.238 e. The van der Waals surface area contributed by atoms with E-state index < -0.39 is 5.82 Å². The van der Waals surface area contributed by atoms with E-state index in [1.54, 1.807) is 13.2 Å². The number of ether oxygens (including phenoxy) is 1. The van der Waals surface area contributed by atoms with Gasteiger partial charge in [-0.05, 0) is 18.2 Å². The smallest absolute Gasteiger partial charge is 0.238 e. The molecule has 0 radical (unpaired) electrons. The molecule has 0 saturated heterocycles. The van der Waals surface area contributed by atoms with Crippen molar-refractivity contribution in [3.05, 3.63) is 46.9 Å². The van der Waals surface area contributed by atoms with Crippen LogP contribution in [0.25, 0.3) is 4.96 Å². The molecule has 7 heteroatoms. The number of nitriles is 1. The van der Waals surface area contributed by atoms with Gasteiger partial charge in [-0.2, -0.15) is 10.2 Å². The number of hydrogen-bond acceptors (Lipinski definition) is 5. The fourth-order valence-electron chi connectivity index (χ4n) is 2.08. The van der Waals surface area contributed by atoms with E-state index in [4.69, 9.17) is 10.00 Å². The molecule has 21 heavy (non-hydrogen) atoms. The van der Waals surface area contributed by atoms with Crippen molar-refractivity contribution in [3.8, 4) is 11.9 Å². The lowest BCUT2D eigenvalue weighted by atomic mass is 10.2. The summed E-state index contributed by atoms with van der Waals surface area (Å²) < 4.78 is 20.3. The summed E-state index contributed by atoms with van der Waals surface area (Å²) in [6.45, 7) is 0.418. The maximum absolute atomic E-state index is 13.1. The largest absolute Gasteiger partial charge is 0.480 e. The number of anilines is 1. The molecule has 3 aromatic rings. The van der Waals surface area contributed by atoms with E-state index in [2.05, 4.69) is 10.3 Å². The SMILES string of the molecule is COc1nc2sccn2c1CNc1ccc(F)cc1C#N.